The van der Waals surface area contributed by atoms with E-state index in [4.69, 9.17) is 25.8 Å². The van der Waals surface area contributed by atoms with Gasteiger partial charge in [0.05, 0.1) is 18.3 Å². The van der Waals surface area contributed by atoms with E-state index in [0.29, 0.717) is 0 Å². The van der Waals surface area contributed by atoms with E-state index in [2.05, 4.69) is 0 Å². The highest BCUT2D eigenvalue weighted by Crippen LogP contribution is 2.45. The van der Waals surface area contributed by atoms with Gasteiger partial charge in [-0.2, -0.15) is 0 Å². The Morgan fingerprint density at radius 3 is 1.77 bits per heavy atom. The number of hydrogen-bond donors (Lipinski definition) is 0. The summed E-state index contributed by atoms with van der Waals surface area (Å²) in [5, 5.41) is -0.702. The monoisotopic (exact) mass is 204 g/mol. The number of halogens is 1. The predicted molar refractivity (Wildman–Crippen MR) is 42.1 cm³/mol. The van der Waals surface area contributed by atoms with Crippen LogP contribution in [0.3, 0.4) is 0 Å². The summed E-state index contributed by atoms with van der Waals surface area (Å²) < 4.78 is 16.0. The van der Waals surface area contributed by atoms with Gasteiger partial charge in [0, 0.05) is 19.3 Å². The van der Waals surface area contributed by atoms with E-state index >= 15 is 0 Å². The fourth-order valence-electron chi connectivity index (χ4n) is 2.34. The lowest BCUT2D eigenvalue weighted by Gasteiger charge is -2.53. The summed E-state index contributed by atoms with van der Waals surface area (Å²) in [6.07, 6.45) is 2.79. The largest absolute Gasteiger partial charge is 0.363 e. The molecule has 0 radical (unpaired) electrons. The summed E-state index contributed by atoms with van der Waals surface area (Å²) in [6.45, 7) is 0. The molecule has 1 saturated carbocycles. The first-order valence-corrected chi connectivity index (χ1v) is 4.79. The second-order valence-electron chi connectivity index (χ2n) is 3.76. The highest BCUT2D eigenvalue weighted by molar-refractivity contribution is 6.65. The van der Waals surface area contributed by atoms with Gasteiger partial charge in [-0.15, -0.1) is 0 Å². The molecule has 13 heavy (non-hydrogen) atoms. The van der Waals surface area contributed by atoms with Crippen molar-refractivity contribution in [3.63, 3.8) is 0 Å². The van der Waals surface area contributed by atoms with Gasteiger partial charge in [-0.3, -0.25) is 4.79 Å². The van der Waals surface area contributed by atoms with Crippen LogP contribution in [0.1, 0.15) is 19.3 Å². The van der Waals surface area contributed by atoms with Gasteiger partial charge >= 0.3 is 11.2 Å². The van der Waals surface area contributed by atoms with Crippen LogP contribution in [-0.2, 0) is 19.0 Å². The zero-order chi connectivity index (χ0) is 9.05. The van der Waals surface area contributed by atoms with E-state index in [1.165, 1.54) is 0 Å². The molecule has 0 aromatic carbocycles. The number of hydrogen-bond acceptors (Lipinski definition) is 4. The van der Waals surface area contributed by atoms with Crippen LogP contribution < -0.4 is 0 Å². The summed E-state index contributed by atoms with van der Waals surface area (Å²) in [4.78, 5) is 11.1. The maximum atomic E-state index is 11.1. The Morgan fingerprint density at radius 2 is 1.46 bits per heavy atom. The summed E-state index contributed by atoms with van der Waals surface area (Å²) in [6, 6.07) is 0. The van der Waals surface area contributed by atoms with Crippen molar-refractivity contribution < 1.29 is 19.0 Å². The third-order valence-corrected chi connectivity index (χ3v) is 3.01. The maximum absolute atomic E-state index is 11.1. The Bertz CT molecular complexity index is 230. The fourth-order valence-corrected chi connectivity index (χ4v) is 2.47. The first-order chi connectivity index (χ1) is 6.18. The molecule has 3 heterocycles. The second kappa shape index (κ2) is 2.45. The van der Waals surface area contributed by atoms with Gasteiger partial charge < -0.3 is 14.2 Å². The quantitative estimate of drug-likeness (QED) is 0.592. The molecule has 4 aliphatic rings. The van der Waals surface area contributed by atoms with E-state index in [1.54, 1.807) is 0 Å². The van der Waals surface area contributed by atoms with Crippen molar-refractivity contribution in [1.29, 1.82) is 0 Å². The Kier molecular flexibility index (Phi) is 1.54. The Morgan fingerprint density at radius 1 is 1.08 bits per heavy atom. The normalized spacial score (nSPS) is 52.5. The van der Waals surface area contributed by atoms with Crippen LogP contribution in [0.15, 0.2) is 0 Å². The van der Waals surface area contributed by atoms with E-state index in [0.717, 1.165) is 19.3 Å². The van der Waals surface area contributed by atoms with E-state index in [-0.39, 0.29) is 18.3 Å². The molecule has 0 N–H and O–H groups in total. The molecule has 0 aromatic heterocycles. The topological polar surface area (TPSA) is 44.8 Å². The third-order valence-electron chi connectivity index (χ3n) is 2.78. The Hall–Kier alpha value is -0.160. The number of rotatable bonds is 1. The molecule has 0 atom stereocenters. The van der Waals surface area contributed by atoms with Crippen LogP contribution in [0.25, 0.3) is 0 Å². The van der Waals surface area contributed by atoms with Gasteiger partial charge in [-0.25, -0.2) is 0 Å². The smallest absolute Gasteiger partial charge is 0.317 e. The van der Waals surface area contributed by atoms with Crippen LogP contribution >= 0.6 is 11.6 Å². The molecule has 4 nitrogen and oxygen atoms in total. The zero-order valence-corrected chi connectivity index (χ0v) is 7.62. The molecule has 3 aliphatic heterocycles. The minimum atomic E-state index is -1.57. The molecule has 72 valence electrons. The lowest BCUT2D eigenvalue weighted by Crippen LogP contribution is -2.64. The SMILES string of the molecule is O=C(Cl)C12OC3CC(CC(C3)O1)O2. The highest BCUT2D eigenvalue weighted by atomic mass is 35.5. The number of ether oxygens (including phenoxy) is 3. The van der Waals surface area contributed by atoms with Crippen molar-refractivity contribution in [3.8, 4) is 0 Å². The molecule has 1 aliphatic carbocycles. The summed E-state index contributed by atoms with van der Waals surface area (Å²) in [5.74, 6) is -1.57. The molecule has 0 spiro atoms. The maximum Gasteiger partial charge on any atom is 0.363 e. The molecule has 0 unspecified atom stereocenters. The van der Waals surface area contributed by atoms with Gasteiger partial charge in [0.25, 0.3) is 0 Å². The van der Waals surface area contributed by atoms with Crippen molar-refractivity contribution in [3.05, 3.63) is 0 Å². The number of carbonyl (C=O) groups is 1. The molecule has 4 bridgehead atoms. The standard InChI is InChI=1S/C8H9ClO4/c9-7(10)8-11-4-1-5(12-8)3-6(2-4)13-8/h4-6H,1-3H2. The van der Waals surface area contributed by atoms with Crippen molar-refractivity contribution >= 4 is 16.8 Å². The average molecular weight is 205 g/mol. The van der Waals surface area contributed by atoms with E-state index in [1.807, 2.05) is 0 Å². The molecule has 0 aromatic rings. The molecule has 3 saturated heterocycles. The summed E-state index contributed by atoms with van der Waals surface area (Å²) in [7, 11) is 0. The van der Waals surface area contributed by atoms with Gasteiger partial charge in [-0.1, -0.05) is 0 Å². The average Bonchev–Trinajstić information content (AvgIpc) is 2.00. The van der Waals surface area contributed by atoms with Gasteiger partial charge in [0.1, 0.15) is 0 Å². The molecular formula is C8H9ClO4. The van der Waals surface area contributed by atoms with Crippen molar-refractivity contribution in [1.82, 2.24) is 0 Å². The lowest BCUT2D eigenvalue weighted by atomic mass is 9.89. The summed E-state index contributed by atoms with van der Waals surface area (Å²) >= 11 is 5.38. The highest BCUT2D eigenvalue weighted by Gasteiger charge is 2.58. The molecule has 0 amide bonds. The van der Waals surface area contributed by atoms with Crippen molar-refractivity contribution in [2.75, 3.05) is 0 Å². The van der Waals surface area contributed by atoms with Crippen LogP contribution in [-0.4, -0.2) is 29.5 Å². The first kappa shape index (κ1) is 8.17. The lowest BCUT2D eigenvalue weighted by molar-refractivity contribution is -0.466. The third kappa shape index (κ3) is 1.06. The van der Waals surface area contributed by atoms with E-state index < -0.39 is 11.2 Å². The first-order valence-electron chi connectivity index (χ1n) is 4.41. The van der Waals surface area contributed by atoms with Gasteiger partial charge in [0.15, 0.2) is 0 Å². The molecule has 5 heteroatoms. The minimum Gasteiger partial charge on any atom is -0.317 e. The van der Waals surface area contributed by atoms with Crippen molar-refractivity contribution in [2.45, 2.75) is 43.5 Å². The molecule has 4 fully saturated rings. The second-order valence-corrected chi connectivity index (χ2v) is 4.10. The molecular weight excluding hydrogens is 196 g/mol. The summed E-state index contributed by atoms with van der Waals surface area (Å²) in [5.41, 5.74) is 0. The Balaban J connectivity index is 1.95. The minimum absolute atomic E-state index is 0.0777. The van der Waals surface area contributed by atoms with Gasteiger partial charge in [0.2, 0.25) is 0 Å². The zero-order valence-electron chi connectivity index (χ0n) is 6.86. The van der Waals surface area contributed by atoms with Gasteiger partial charge in [-0.05, 0) is 11.6 Å². The van der Waals surface area contributed by atoms with Crippen LogP contribution in [0.4, 0.5) is 0 Å². The van der Waals surface area contributed by atoms with Crippen LogP contribution in [0.2, 0.25) is 0 Å². The molecule has 4 rings (SSSR count). The predicted octanol–water partition coefficient (Wildman–Crippen LogP) is 0.772. The van der Waals surface area contributed by atoms with Crippen LogP contribution in [0.5, 0.6) is 0 Å². The fraction of sp³-hybridized carbons (Fsp3) is 0.875. The van der Waals surface area contributed by atoms with Crippen LogP contribution in [0, 0.1) is 0 Å². The Labute approximate surface area is 80.1 Å². The van der Waals surface area contributed by atoms with Crippen molar-refractivity contribution in [2.24, 2.45) is 0 Å². The van der Waals surface area contributed by atoms with E-state index in [9.17, 15) is 4.79 Å². The number of carbonyl (C=O) groups excluding carboxylic acids is 1.